The Kier molecular flexibility index (Phi) is 5.25. The Bertz CT molecular complexity index is 4100. The van der Waals surface area contributed by atoms with E-state index in [9.17, 15) is 12.3 Å². The fourth-order valence-electron chi connectivity index (χ4n) is 7.51. The van der Waals surface area contributed by atoms with Crippen LogP contribution in [-0.4, -0.2) is 0 Å². The van der Waals surface area contributed by atoms with Gasteiger partial charge in [-0.15, -0.1) is 0 Å². The number of hydrogen-bond acceptors (Lipinski definition) is 2. The third kappa shape index (κ3) is 5.91. The molecule has 0 atom stereocenters. The van der Waals surface area contributed by atoms with E-state index in [0.717, 1.165) is 33.0 Å². The molecule has 0 saturated heterocycles. The molecule has 11 rings (SSSR count). The average molecular weight is 755 g/mol. The maximum absolute atomic E-state index is 9.84. The van der Waals surface area contributed by atoms with Crippen LogP contribution in [0.1, 0.15) is 20.6 Å². The summed E-state index contributed by atoms with van der Waals surface area (Å²) in [5, 5.41) is 1.72. The van der Waals surface area contributed by atoms with Gasteiger partial charge in [0.25, 0.3) is 0 Å². The Morgan fingerprint density at radius 1 is 0.397 bits per heavy atom. The zero-order valence-corrected chi connectivity index (χ0v) is 30.6. The lowest BCUT2D eigenvalue weighted by Gasteiger charge is -2.26. The third-order valence-electron chi connectivity index (χ3n) is 10.3. The number of hydrogen-bond donors (Lipinski definition) is 0. The molecule has 0 fully saturated rings. The first-order valence-electron chi connectivity index (χ1n) is 26.1. The summed E-state index contributed by atoms with van der Waals surface area (Å²) in [4.78, 5) is 1.17. The lowest BCUT2D eigenvalue weighted by Crippen LogP contribution is -2.10. The smallest absolute Gasteiger partial charge is 0.143 e. The molecule has 2 heteroatoms. The monoisotopic (exact) mass is 754 g/mol. The lowest BCUT2D eigenvalue weighted by atomic mass is 9.91. The zero-order valence-electron chi connectivity index (χ0n) is 45.6. The minimum absolute atomic E-state index is 0.0322. The van der Waals surface area contributed by atoms with Gasteiger partial charge in [-0.25, -0.2) is 0 Å². The Morgan fingerprint density at radius 2 is 1.03 bits per heavy atom. The molecule has 0 amide bonds. The molecule has 2 nitrogen and oxygen atoms in total. The van der Waals surface area contributed by atoms with Crippen LogP contribution in [0.4, 0.5) is 17.1 Å². The van der Waals surface area contributed by atoms with Gasteiger partial charge in [0.1, 0.15) is 11.2 Å². The molecule has 58 heavy (non-hydrogen) atoms. The van der Waals surface area contributed by atoms with Crippen molar-refractivity contribution in [3.8, 4) is 44.5 Å². The largest absolute Gasteiger partial charge is 0.455 e. The minimum Gasteiger partial charge on any atom is -0.455 e. The zero-order chi connectivity index (χ0) is 51.5. The molecule has 272 valence electrons. The molecule has 0 radical (unpaired) electrons. The number of furan rings is 1. The van der Waals surface area contributed by atoms with E-state index >= 15 is 0 Å². The van der Waals surface area contributed by atoms with E-state index in [1.807, 2.05) is 109 Å². The van der Waals surface area contributed by atoms with Crippen molar-refractivity contribution in [2.45, 2.75) is 0 Å². The van der Waals surface area contributed by atoms with E-state index in [4.69, 9.17) is 12.6 Å². The molecule has 1 heterocycles. The van der Waals surface area contributed by atoms with Gasteiger partial charge in [0, 0.05) is 22.1 Å². The highest BCUT2D eigenvalue weighted by Gasteiger charge is 2.21. The lowest BCUT2D eigenvalue weighted by molar-refractivity contribution is 0.672. The summed E-state index contributed by atoms with van der Waals surface area (Å²) in [5.74, 6) is 0. The quantitative estimate of drug-likeness (QED) is 0.161. The van der Waals surface area contributed by atoms with Gasteiger partial charge < -0.3 is 9.32 Å². The SMILES string of the molecule is [2H]c1c([2H])c(N(c2c([2H])c([2H])c(-c3c([2H])c([2H])c4c([2H])c([2H])c([2H])c([2H])c4c3[2H])c([2H])c2[2H])c2cccc3oc4c5ccccc5ccc4c23)c([2H])c([2H])c1-c1ccc(-c2ccccc2)c(-c2ccccc2)c1. The summed E-state index contributed by atoms with van der Waals surface area (Å²) < 4.78 is 145. The van der Waals surface area contributed by atoms with Gasteiger partial charge in [-0.2, -0.15) is 0 Å². The van der Waals surface area contributed by atoms with Crippen LogP contribution < -0.4 is 4.90 Å². The molecule has 0 saturated carbocycles. The molecule has 0 N–H and O–H groups in total. The first-order chi connectivity index (χ1) is 35.0. The Balaban J connectivity index is 1.21. The van der Waals surface area contributed by atoms with Crippen molar-refractivity contribution in [1.29, 1.82) is 0 Å². The van der Waals surface area contributed by atoms with E-state index in [2.05, 4.69) is 0 Å². The summed E-state index contributed by atoms with van der Waals surface area (Å²) in [7, 11) is 0. The first-order valence-corrected chi connectivity index (χ1v) is 18.6. The van der Waals surface area contributed by atoms with E-state index in [1.54, 1.807) is 24.3 Å². The van der Waals surface area contributed by atoms with E-state index < -0.39 is 124 Å². The van der Waals surface area contributed by atoms with Crippen LogP contribution in [0.2, 0.25) is 0 Å². The van der Waals surface area contributed by atoms with Gasteiger partial charge in [0.15, 0.2) is 0 Å². The van der Waals surface area contributed by atoms with Gasteiger partial charge in [0.2, 0.25) is 0 Å². The van der Waals surface area contributed by atoms with Crippen LogP contribution in [-0.2, 0) is 0 Å². The second-order valence-electron chi connectivity index (χ2n) is 13.7. The van der Waals surface area contributed by atoms with Crippen LogP contribution in [0.15, 0.2) is 229 Å². The van der Waals surface area contributed by atoms with Crippen LogP contribution in [0.3, 0.4) is 0 Å². The second kappa shape index (κ2) is 14.1. The second-order valence-corrected chi connectivity index (χ2v) is 13.7. The Labute approximate surface area is 358 Å². The van der Waals surface area contributed by atoms with Crippen molar-refractivity contribution >= 4 is 60.5 Å². The van der Waals surface area contributed by atoms with Crippen molar-refractivity contribution in [1.82, 2.24) is 0 Å². The highest BCUT2D eigenvalue weighted by molar-refractivity contribution is 6.19. The van der Waals surface area contributed by atoms with Crippen molar-refractivity contribution in [2.24, 2.45) is 0 Å². The maximum atomic E-state index is 9.84. The van der Waals surface area contributed by atoms with E-state index in [0.29, 0.717) is 27.5 Å². The normalized spacial score (nSPS) is 15.1. The molecule has 0 spiro atoms. The predicted octanol–water partition coefficient (Wildman–Crippen LogP) is 16.0. The molecule has 0 aliphatic heterocycles. The molecule has 1 aromatic heterocycles. The van der Waals surface area contributed by atoms with Gasteiger partial charge in [-0.1, -0.05) is 170 Å². The van der Waals surface area contributed by atoms with E-state index in [1.165, 1.54) is 4.90 Å². The van der Waals surface area contributed by atoms with Crippen molar-refractivity contribution in [3.63, 3.8) is 0 Å². The first kappa shape index (κ1) is 21.6. The van der Waals surface area contributed by atoms with Crippen LogP contribution >= 0.6 is 0 Å². The highest BCUT2D eigenvalue weighted by atomic mass is 16.3. The van der Waals surface area contributed by atoms with Crippen molar-refractivity contribution in [2.75, 3.05) is 4.90 Å². The predicted molar refractivity (Wildman–Crippen MR) is 245 cm³/mol. The molecule has 0 unspecified atom stereocenters. The molecule has 0 bridgehead atoms. The van der Waals surface area contributed by atoms with Crippen LogP contribution in [0, 0.1) is 0 Å². The highest BCUT2D eigenvalue weighted by Crippen LogP contribution is 2.45. The number of nitrogens with zero attached hydrogens (tertiary/aromatic N) is 1. The molecular weight excluding hydrogens is 703 g/mol. The Hall–Kier alpha value is -7.68. The fraction of sp³-hybridized carbons (Fsp3) is 0. The molecule has 0 aliphatic rings. The number of benzene rings is 10. The van der Waals surface area contributed by atoms with Gasteiger partial charge in [0.05, 0.1) is 31.6 Å². The minimum atomic E-state index is -0.809. The molecule has 10 aromatic carbocycles. The Morgan fingerprint density at radius 3 is 1.78 bits per heavy atom. The fourth-order valence-corrected chi connectivity index (χ4v) is 7.51. The van der Waals surface area contributed by atoms with Crippen LogP contribution in [0.5, 0.6) is 0 Å². The molecule has 11 aromatic rings. The number of anilines is 3. The van der Waals surface area contributed by atoms with Crippen molar-refractivity contribution in [3.05, 3.63) is 224 Å². The average Bonchev–Trinajstić information content (AvgIpc) is 3.81. The maximum Gasteiger partial charge on any atom is 0.143 e. The summed E-state index contributed by atoms with van der Waals surface area (Å²) >= 11 is 0. The van der Waals surface area contributed by atoms with Crippen LogP contribution in [0.25, 0.3) is 88.0 Å². The topological polar surface area (TPSA) is 16.4 Å². The number of rotatable bonds is 7. The molecule has 0 aliphatic carbocycles. The summed E-state index contributed by atoms with van der Waals surface area (Å²) in [5.41, 5.74) is 2.57. The van der Waals surface area contributed by atoms with Crippen molar-refractivity contribution < 1.29 is 25.0 Å². The summed E-state index contributed by atoms with van der Waals surface area (Å²) in [6.45, 7) is 0. The third-order valence-corrected chi connectivity index (χ3v) is 10.3. The van der Waals surface area contributed by atoms with Gasteiger partial charge >= 0.3 is 0 Å². The van der Waals surface area contributed by atoms with E-state index in [-0.39, 0.29) is 11.3 Å². The molecular formula is C56H37NO. The standard InChI is InChI=1S/C56H37NO/c1-3-13-41(14-4-1)49-34-29-46(37-52(49)42-15-5-2-6-16-42)40-26-32-48(33-27-40)57(47-30-24-39(25-31-47)45-23-22-38-12-7-8-18-44(38)36-45)53-20-11-21-54-55(53)51-35-28-43-17-9-10-19-50(43)56(51)58-54/h1-37H/i7D,8D,12D,18D,22D,23D,24D,25D,26D,27D,30D,31D,32D,33D,36D. The van der Waals surface area contributed by atoms with Gasteiger partial charge in [-0.3, -0.25) is 0 Å². The summed E-state index contributed by atoms with van der Waals surface area (Å²) in [6.07, 6.45) is 0. The number of fused-ring (bicyclic) bond motifs is 6. The van der Waals surface area contributed by atoms with Gasteiger partial charge in [-0.05, 0) is 115 Å². The summed E-state index contributed by atoms with van der Waals surface area (Å²) in [6, 6.07) is 30.7.